The zero-order valence-electron chi connectivity index (χ0n) is 12.3. The van der Waals surface area contributed by atoms with Crippen molar-refractivity contribution in [3.05, 3.63) is 22.7 Å². The molecule has 0 spiro atoms. The topological polar surface area (TPSA) is 79.1 Å². The summed E-state index contributed by atoms with van der Waals surface area (Å²) < 4.78 is 5.89. The SMILES string of the molecule is CC(C)(C)OC(=O)N1CCC(C#N)(c2nccnc2Br)C1. The Balaban J connectivity index is 2.21. The maximum absolute atomic E-state index is 12.1. The Morgan fingerprint density at radius 1 is 1.48 bits per heavy atom. The third-order valence-corrected chi connectivity index (χ3v) is 3.82. The van der Waals surface area contributed by atoms with Crippen molar-refractivity contribution in [1.29, 1.82) is 5.26 Å². The molecule has 0 saturated carbocycles. The first-order valence-electron chi connectivity index (χ1n) is 6.64. The van der Waals surface area contributed by atoms with Gasteiger partial charge in [0.25, 0.3) is 0 Å². The third kappa shape index (κ3) is 3.32. The number of aromatic nitrogens is 2. The minimum absolute atomic E-state index is 0.260. The number of hydrogen-bond donors (Lipinski definition) is 0. The number of likely N-dealkylation sites (tertiary alicyclic amines) is 1. The maximum Gasteiger partial charge on any atom is 0.410 e. The maximum atomic E-state index is 12.1. The Morgan fingerprint density at radius 3 is 2.71 bits per heavy atom. The quantitative estimate of drug-likeness (QED) is 0.776. The van der Waals surface area contributed by atoms with Crippen molar-refractivity contribution >= 4 is 22.0 Å². The highest BCUT2D eigenvalue weighted by Gasteiger charge is 2.45. The van der Waals surface area contributed by atoms with Crippen LogP contribution in [0.25, 0.3) is 0 Å². The monoisotopic (exact) mass is 352 g/mol. The summed E-state index contributed by atoms with van der Waals surface area (Å²) in [4.78, 5) is 22.1. The van der Waals surface area contributed by atoms with Gasteiger partial charge in [0.1, 0.15) is 15.6 Å². The number of halogens is 1. The van der Waals surface area contributed by atoms with Gasteiger partial charge in [0.2, 0.25) is 0 Å². The summed E-state index contributed by atoms with van der Waals surface area (Å²) in [7, 11) is 0. The minimum atomic E-state index is -0.843. The molecule has 2 rings (SSSR count). The van der Waals surface area contributed by atoms with Gasteiger partial charge in [-0.1, -0.05) is 0 Å². The Morgan fingerprint density at radius 2 is 2.14 bits per heavy atom. The van der Waals surface area contributed by atoms with Crippen molar-refractivity contribution in [1.82, 2.24) is 14.9 Å². The molecule has 2 heterocycles. The second-order valence-electron chi connectivity index (χ2n) is 6.04. The summed E-state index contributed by atoms with van der Waals surface area (Å²) >= 11 is 3.33. The van der Waals surface area contributed by atoms with Crippen molar-refractivity contribution in [3.8, 4) is 6.07 Å². The molecule has 21 heavy (non-hydrogen) atoms. The summed E-state index contributed by atoms with van der Waals surface area (Å²) in [5.74, 6) is 0. The molecule has 1 aromatic rings. The molecule has 0 N–H and O–H groups in total. The fraction of sp³-hybridized carbons (Fsp3) is 0.571. The molecule has 1 unspecified atom stereocenters. The number of nitriles is 1. The normalized spacial score (nSPS) is 22.0. The van der Waals surface area contributed by atoms with E-state index in [1.165, 1.54) is 0 Å². The predicted octanol–water partition coefficient (Wildman–Crippen LogP) is 2.64. The summed E-state index contributed by atoms with van der Waals surface area (Å²) in [5, 5.41) is 9.61. The third-order valence-electron chi connectivity index (χ3n) is 3.24. The van der Waals surface area contributed by atoms with Gasteiger partial charge in [-0.2, -0.15) is 5.26 Å². The number of carbonyl (C=O) groups is 1. The molecule has 1 saturated heterocycles. The molecule has 1 fully saturated rings. The molecule has 1 amide bonds. The summed E-state index contributed by atoms with van der Waals surface area (Å²) in [6.45, 7) is 6.18. The number of carbonyl (C=O) groups excluding carboxylic acids is 1. The van der Waals surface area contributed by atoms with Crippen LogP contribution in [-0.4, -0.2) is 39.7 Å². The molecular formula is C14H17BrN4O2. The standard InChI is InChI=1S/C14H17BrN4O2/c1-13(2,3)21-12(20)19-7-4-14(8-16,9-19)10-11(15)18-6-5-17-10/h5-6H,4,7,9H2,1-3H3. The van der Waals surface area contributed by atoms with Crippen LogP contribution in [0.3, 0.4) is 0 Å². The van der Waals surface area contributed by atoms with E-state index in [-0.39, 0.29) is 6.54 Å². The molecule has 0 aliphatic carbocycles. The molecule has 0 radical (unpaired) electrons. The zero-order valence-corrected chi connectivity index (χ0v) is 13.8. The van der Waals surface area contributed by atoms with E-state index in [2.05, 4.69) is 32.0 Å². The lowest BCUT2D eigenvalue weighted by atomic mass is 9.85. The van der Waals surface area contributed by atoms with Gasteiger partial charge in [0.05, 0.1) is 11.8 Å². The molecule has 0 aromatic carbocycles. The zero-order chi connectivity index (χ0) is 15.7. The number of amides is 1. The first-order valence-corrected chi connectivity index (χ1v) is 7.43. The van der Waals surface area contributed by atoms with Gasteiger partial charge >= 0.3 is 6.09 Å². The van der Waals surface area contributed by atoms with Crippen molar-refractivity contribution in [3.63, 3.8) is 0 Å². The number of rotatable bonds is 1. The van der Waals surface area contributed by atoms with Crippen LogP contribution in [0.2, 0.25) is 0 Å². The highest BCUT2D eigenvalue weighted by Crippen LogP contribution is 2.36. The average Bonchev–Trinajstić information content (AvgIpc) is 2.83. The highest BCUT2D eigenvalue weighted by molar-refractivity contribution is 9.10. The Labute approximate surface area is 132 Å². The molecule has 112 valence electrons. The van der Waals surface area contributed by atoms with Gasteiger partial charge in [0, 0.05) is 25.5 Å². The lowest BCUT2D eigenvalue weighted by molar-refractivity contribution is 0.0288. The fourth-order valence-electron chi connectivity index (χ4n) is 2.27. The van der Waals surface area contributed by atoms with E-state index in [0.29, 0.717) is 23.3 Å². The molecule has 6 nitrogen and oxygen atoms in total. The van der Waals surface area contributed by atoms with Crippen LogP contribution in [-0.2, 0) is 10.2 Å². The lowest BCUT2D eigenvalue weighted by Crippen LogP contribution is -2.38. The van der Waals surface area contributed by atoms with Crippen molar-refractivity contribution in [2.75, 3.05) is 13.1 Å². The Kier molecular flexibility index (Phi) is 4.19. The molecule has 1 atom stereocenters. The van der Waals surface area contributed by atoms with Gasteiger partial charge in [-0.05, 0) is 43.1 Å². The summed E-state index contributed by atoms with van der Waals surface area (Å²) in [5.41, 5.74) is -0.829. The number of hydrogen-bond acceptors (Lipinski definition) is 5. The van der Waals surface area contributed by atoms with E-state index in [4.69, 9.17) is 4.74 Å². The van der Waals surface area contributed by atoms with E-state index in [1.807, 2.05) is 20.8 Å². The van der Waals surface area contributed by atoms with Crippen molar-refractivity contribution < 1.29 is 9.53 Å². The molecule has 0 bridgehead atoms. The van der Waals surface area contributed by atoms with Crippen LogP contribution < -0.4 is 0 Å². The Hall–Kier alpha value is -1.68. The van der Waals surface area contributed by atoms with Crippen molar-refractivity contribution in [2.24, 2.45) is 0 Å². The smallest absolute Gasteiger partial charge is 0.410 e. The Bertz CT molecular complexity index is 593. The first-order chi connectivity index (χ1) is 9.77. The van der Waals surface area contributed by atoms with Crippen molar-refractivity contribution in [2.45, 2.75) is 38.2 Å². The minimum Gasteiger partial charge on any atom is -0.444 e. The highest BCUT2D eigenvalue weighted by atomic mass is 79.9. The van der Waals surface area contributed by atoms with Gasteiger partial charge in [-0.25, -0.2) is 9.78 Å². The van der Waals surface area contributed by atoms with E-state index < -0.39 is 17.1 Å². The number of nitrogens with zero attached hydrogens (tertiary/aromatic N) is 4. The second kappa shape index (κ2) is 5.60. The van der Waals surface area contributed by atoms with Crippen LogP contribution in [0, 0.1) is 11.3 Å². The predicted molar refractivity (Wildman–Crippen MR) is 79.4 cm³/mol. The molecule has 7 heteroatoms. The van der Waals surface area contributed by atoms with Crippen LogP contribution in [0.15, 0.2) is 17.0 Å². The summed E-state index contributed by atoms with van der Waals surface area (Å²) in [6.07, 6.45) is 3.22. The van der Waals surface area contributed by atoms with E-state index in [0.717, 1.165) is 0 Å². The van der Waals surface area contributed by atoms with Gasteiger partial charge in [0.15, 0.2) is 0 Å². The first kappa shape index (κ1) is 15.7. The van der Waals surface area contributed by atoms with E-state index >= 15 is 0 Å². The largest absolute Gasteiger partial charge is 0.444 e. The van der Waals surface area contributed by atoms with Gasteiger partial charge in [-0.15, -0.1) is 0 Å². The lowest BCUT2D eigenvalue weighted by Gasteiger charge is -2.25. The van der Waals surface area contributed by atoms with E-state index in [9.17, 15) is 10.1 Å². The molecule has 1 aliphatic rings. The van der Waals surface area contributed by atoms with Gasteiger partial charge in [-0.3, -0.25) is 4.98 Å². The fourth-order valence-corrected chi connectivity index (χ4v) is 2.87. The second-order valence-corrected chi connectivity index (χ2v) is 6.79. The number of ether oxygens (including phenoxy) is 1. The van der Waals surface area contributed by atoms with Gasteiger partial charge < -0.3 is 9.64 Å². The molecule has 1 aliphatic heterocycles. The van der Waals surface area contributed by atoms with Crippen LogP contribution in [0.1, 0.15) is 32.9 Å². The van der Waals surface area contributed by atoms with Crippen LogP contribution >= 0.6 is 15.9 Å². The molecular weight excluding hydrogens is 336 g/mol. The van der Waals surface area contributed by atoms with E-state index in [1.54, 1.807) is 17.3 Å². The van der Waals surface area contributed by atoms with Crippen LogP contribution in [0.4, 0.5) is 4.79 Å². The average molecular weight is 353 g/mol. The van der Waals surface area contributed by atoms with Crippen LogP contribution in [0.5, 0.6) is 0 Å². The molecule has 1 aromatic heterocycles. The summed E-state index contributed by atoms with van der Waals surface area (Å²) in [6, 6.07) is 2.30.